The van der Waals surface area contributed by atoms with E-state index in [4.69, 9.17) is 4.74 Å². The van der Waals surface area contributed by atoms with Gasteiger partial charge in [-0.3, -0.25) is 9.59 Å². The van der Waals surface area contributed by atoms with Gasteiger partial charge in [0.2, 0.25) is 5.12 Å². The average Bonchev–Trinajstić information content (AvgIpc) is 2.55. The van der Waals surface area contributed by atoms with Gasteiger partial charge in [-0.2, -0.15) is 0 Å². The number of carbonyl (C=O) groups is 2. The molecule has 22 heavy (non-hydrogen) atoms. The second kappa shape index (κ2) is 7.66. The summed E-state index contributed by atoms with van der Waals surface area (Å²) in [6.45, 7) is 0. The molecule has 0 fully saturated rings. The van der Waals surface area contributed by atoms with E-state index in [1.54, 1.807) is 31.4 Å². The van der Waals surface area contributed by atoms with Crippen molar-refractivity contribution in [3.63, 3.8) is 0 Å². The van der Waals surface area contributed by atoms with Crippen molar-refractivity contribution in [2.75, 3.05) is 7.11 Å². The van der Waals surface area contributed by atoms with E-state index in [9.17, 15) is 14.7 Å². The predicted octanol–water partition coefficient (Wildman–Crippen LogP) is 3.26. The highest BCUT2D eigenvalue weighted by molar-refractivity contribution is 8.15. The molecule has 0 aromatic heterocycles. The van der Waals surface area contributed by atoms with E-state index >= 15 is 0 Å². The Hall–Kier alpha value is -2.27. The SMILES string of the molecule is COc1ccc(C(=O)S[C@H](Cc2ccccc2)C(=O)O)cc1. The second-order valence-corrected chi connectivity index (χ2v) is 5.83. The third kappa shape index (κ3) is 4.36. The standard InChI is InChI=1S/C17H16O4S/c1-21-14-9-7-13(8-10-14)17(20)22-15(16(18)19)11-12-5-3-2-4-6-12/h2-10,15H,11H2,1H3,(H,18,19)/t15-/m1/s1. The summed E-state index contributed by atoms with van der Waals surface area (Å²) in [5.41, 5.74) is 1.36. The Morgan fingerprint density at radius 2 is 1.73 bits per heavy atom. The molecule has 5 heteroatoms. The van der Waals surface area contributed by atoms with Crippen LogP contribution >= 0.6 is 11.8 Å². The van der Waals surface area contributed by atoms with Gasteiger partial charge in [0.1, 0.15) is 11.0 Å². The van der Waals surface area contributed by atoms with Gasteiger partial charge in [0.25, 0.3) is 0 Å². The highest BCUT2D eigenvalue weighted by Crippen LogP contribution is 2.23. The van der Waals surface area contributed by atoms with Crippen LogP contribution in [0.1, 0.15) is 15.9 Å². The highest BCUT2D eigenvalue weighted by Gasteiger charge is 2.23. The molecule has 0 radical (unpaired) electrons. The summed E-state index contributed by atoms with van der Waals surface area (Å²) in [7, 11) is 1.55. The lowest BCUT2D eigenvalue weighted by Crippen LogP contribution is -2.21. The maximum Gasteiger partial charge on any atom is 0.317 e. The average molecular weight is 316 g/mol. The fourth-order valence-electron chi connectivity index (χ4n) is 1.93. The Labute approximate surface area is 133 Å². The van der Waals surface area contributed by atoms with E-state index in [1.807, 2.05) is 30.3 Å². The zero-order valence-corrected chi connectivity index (χ0v) is 12.9. The number of benzene rings is 2. The van der Waals surface area contributed by atoms with Crippen LogP contribution in [0.2, 0.25) is 0 Å². The molecule has 0 unspecified atom stereocenters. The minimum Gasteiger partial charge on any atom is -0.497 e. The summed E-state index contributed by atoms with van der Waals surface area (Å²) in [4.78, 5) is 23.6. The molecule has 4 nitrogen and oxygen atoms in total. The van der Waals surface area contributed by atoms with E-state index in [1.165, 1.54) is 0 Å². The Balaban J connectivity index is 2.06. The number of thioether (sulfide) groups is 1. The van der Waals surface area contributed by atoms with Crippen LogP contribution in [0.4, 0.5) is 0 Å². The molecule has 0 saturated carbocycles. The summed E-state index contributed by atoms with van der Waals surface area (Å²) < 4.78 is 5.04. The zero-order valence-electron chi connectivity index (χ0n) is 12.1. The molecule has 114 valence electrons. The molecule has 0 bridgehead atoms. The molecule has 1 atom stereocenters. The normalized spacial score (nSPS) is 11.7. The third-order valence-electron chi connectivity index (χ3n) is 3.11. The van der Waals surface area contributed by atoms with E-state index in [-0.39, 0.29) is 5.12 Å². The van der Waals surface area contributed by atoms with Crippen LogP contribution in [0.5, 0.6) is 5.75 Å². The lowest BCUT2D eigenvalue weighted by molar-refractivity contribution is -0.136. The first-order valence-electron chi connectivity index (χ1n) is 6.72. The van der Waals surface area contributed by atoms with E-state index in [2.05, 4.69) is 0 Å². The van der Waals surface area contributed by atoms with E-state index in [0.717, 1.165) is 17.3 Å². The van der Waals surface area contributed by atoms with Crippen LogP contribution in [0.3, 0.4) is 0 Å². The first-order valence-corrected chi connectivity index (χ1v) is 7.60. The molecule has 0 heterocycles. The maximum atomic E-state index is 12.2. The van der Waals surface area contributed by atoms with Gasteiger partial charge in [0.05, 0.1) is 7.11 Å². The van der Waals surface area contributed by atoms with Crippen LogP contribution in [0.25, 0.3) is 0 Å². The fourth-order valence-corrected chi connectivity index (χ4v) is 2.84. The first-order chi connectivity index (χ1) is 10.6. The van der Waals surface area contributed by atoms with Crippen molar-refractivity contribution < 1.29 is 19.4 Å². The van der Waals surface area contributed by atoms with Gasteiger partial charge < -0.3 is 9.84 Å². The number of ether oxygens (including phenoxy) is 1. The molecule has 0 saturated heterocycles. The van der Waals surface area contributed by atoms with Gasteiger partial charge in [-0.25, -0.2) is 0 Å². The Morgan fingerprint density at radius 3 is 2.27 bits per heavy atom. The fraction of sp³-hybridized carbons (Fsp3) is 0.176. The summed E-state index contributed by atoms with van der Waals surface area (Å²) in [5, 5.41) is 8.25. The van der Waals surface area contributed by atoms with Crippen LogP contribution < -0.4 is 4.74 Å². The van der Waals surface area contributed by atoms with Gasteiger partial charge in [0, 0.05) is 5.56 Å². The number of hydrogen-bond acceptors (Lipinski definition) is 4. The lowest BCUT2D eigenvalue weighted by atomic mass is 10.1. The topological polar surface area (TPSA) is 63.6 Å². The largest absolute Gasteiger partial charge is 0.497 e. The monoisotopic (exact) mass is 316 g/mol. The Morgan fingerprint density at radius 1 is 1.09 bits per heavy atom. The number of rotatable bonds is 6. The van der Waals surface area contributed by atoms with Crippen molar-refractivity contribution in [1.29, 1.82) is 0 Å². The van der Waals surface area contributed by atoms with Crippen molar-refractivity contribution in [3.8, 4) is 5.75 Å². The Bertz CT molecular complexity index is 637. The van der Waals surface area contributed by atoms with Gasteiger partial charge in [0.15, 0.2) is 0 Å². The first kappa shape index (κ1) is 16.1. The van der Waals surface area contributed by atoms with E-state index < -0.39 is 11.2 Å². The van der Waals surface area contributed by atoms with Crippen molar-refractivity contribution >= 4 is 22.8 Å². The van der Waals surface area contributed by atoms with Crippen LogP contribution in [-0.2, 0) is 11.2 Å². The highest BCUT2D eigenvalue weighted by atomic mass is 32.2. The van der Waals surface area contributed by atoms with Crippen molar-refractivity contribution in [3.05, 3.63) is 65.7 Å². The maximum absolute atomic E-state index is 12.2. The molecule has 2 aromatic rings. The van der Waals surface area contributed by atoms with Crippen molar-refractivity contribution in [2.45, 2.75) is 11.7 Å². The van der Waals surface area contributed by atoms with Gasteiger partial charge in [-0.05, 0) is 36.2 Å². The molecule has 0 aliphatic rings. The van der Waals surface area contributed by atoms with Gasteiger partial charge in [-0.15, -0.1) is 0 Å². The number of aliphatic carboxylic acids is 1. The van der Waals surface area contributed by atoms with Crippen LogP contribution in [-0.4, -0.2) is 28.6 Å². The minimum atomic E-state index is -0.990. The van der Waals surface area contributed by atoms with Gasteiger partial charge in [-0.1, -0.05) is 42.1 Å². The summed E-state index contributed by atoms with van der Waals surface area (Å²) in [6.07, 6.45) is 0.308. The lowest BCUT2D eigenvalue weighted by Gasteiger charge is -2.11. The second-order valence-electron chi connectivity index (χ2n) is 4.65. The van der Waals surface area contributed by atoms with Gasteiger partial charge >= 0.3 is 5.97 Å². The smallest absolute Gasteiger partial charge is 0.317 e. The number of carbonyl (C=O) groups excluding carboxylic acids is 1. The molecule has 0 aliphatic carbocycles. The number of hydrogen-bond donors (Lipinski definition) is 1. The number of carboxylic acid groups (broad SMARTS) is 1. The molecule has 1 N–H and O–H groups in total. The van der Waals surface area contributed by atoms with E-state index in [0.29, 0.717) is 17.7 Å². The quantitative estimate of drug-likeness (QED) is 0.886. The molecule has 0 spiro atoms. The Kier molecular flexibility index (Phi) is 5.61. The molecule has 0 aliphatic heterocycles. The molecule has 2 rings (SSSR count). The van der Waals surface area contributed by atoms with Crippen molar-refractivity contribution in [1.82, 2.24) is 0 Å². The zero-order chi connectivity index (χ0) is 15.9. The summed E-state index contributed by atoms with van der Waals surface area (Å²) in [5.74, 6) is -0.337. The van der Waals surface area contributed by atoms with Crippen molar-refractivity contribution in [2.24, 2.45) is 0 Å². The van der Waals surface area contributed by atoms with Crippen LogP contribution in [0, 0.1) is 0 Å². The number of methoxy groups -OCH3 is 1. The molecular formula is C17H16O4S. The third-order valence-corrected chi connectivity index (χ3v) is 4.22. The minimum absolute atomic E-state index is 0.258. The predicted molar refractivity (Wildman–Crippen MR) is 86.5 cm³/mol. The molecule has 0 amide bonds. The number of carboxylic acids is 1. The summed E-state index contributed by atoms with van der Waals surface area (Å²) >= 11 is 0.835. The summed E-state index contributed by atoms with van der Waals surface area (Å²) in [6, 6.07) is 15.9. The molecule has 2 aromatic carbocycles. The van der Waals surface area contributed by atoms with Crippen LogP contribution in [0.15, 0.2) is 54.6 Å². The molecular weight excluding hydrogens is 300 g/mol.